The molecule has 4 rings (SSSR count). The van der Waals surface area contributed by atoms with Gasteiger partial charge in [-0.2, -0.15) is 0 Å². The molecule has 2 aromatic carbocycles. The van der Waals surface area contributed by atoms with Gasteiger partial charge in [-0.1, -0.05) is 24.3 Å². The quantitative estimate of drug-likeness (QED) is 0.692. The molecular weight excluding hydrogens is 385 g/mol. The Morgan fingerprint density at radius 1 is 1.20 bits per heavy atom. The van der Waals surface area contributed by atoms with Crippen LogP contribution in [0.15, 0.2) is 47.0 Å². The van der Waals surface area contributed by atoms with E-state index in [4.69, 9.17) is 9.47 Å². The molecule has 1 aliphatic heterocycles. The number of methoxy groups -OCH3 is 2. The molecule has 0 amide bonds. The van der Waals surface area contributed by atoms with Crippen molar-refractivity contribution in [2.24, 2.45) is 5.92 Å². The summed E-state index contributed by atoms with van der Waals surface area (Å²) in [6.07, 6.45) is 5.36. The van der Waals surface area contributed by atoms with Crippen LogP contribution in [-0.4, -0.2) is 14.2 Å². The van der Waals surface area contributed by atoms with Gasteiger partial charge in [0.05, 0.1) is 30.4 Å². The molecule has 3 atom stereocenters. The molecule has 5 heteroatoms. The van der Waals surface area contributed by atoms with Gasteiger partial charge in [0.15, 0.2) is 11.5 Å². The van der Waals surface area contributed by atoms with E-state index in [0.717, 1.165) is 22.0 Å². The average molecular weight is 404 g/mol. The Hall–Kier alpha value is -2.01. The van der Waals surface area contributed by atoms with Crippen molar-refractivity contribution in [3.8, 4) is 11.5 Å². The molecule has 2 aliphatic rings. The minimum atomic E-state index is -0.208. The molecule has 0 aromatic heterocycles. The molecule has 2 aromatic rings. The summed E-state index contributed by atoms with van der Waals surface area (Å²) in [4.78, 5) is 0. The van der Waals surface area contributed by atoms with Crippen LogP contribution in [0.5, 0.6) is 11.5 Å². The number of hydrogen-bond donors (Lipinski definition) is 1. The zero-order valence-corrected chi connectivity index (χ0v) is 15.6. The molecule has 0 radical (unpaired) electrons. The van der Waals surface area contributed by atoms with Crippen LogP contribution in [0.1, 0.15) is 29.5 Å². The van der Waals surface area contributed by atoms with E-state index in [0.29, 0.717) is 23.1 Å². The molecule has 0 saturated carbocycles. The maximum Gasteiger partial charge on any atom is 0.174 e. The summed E-state index contributed by atoms with van der Waals surface area (Å²) in [5.74, 6) is 1.69. The Bertz CT molecular complexity index is 852. The van der Waals surface area contributed by atoms with E-state index in [2.05, 4.69) is 33.4 Å². The molecule has 0 spiro atoms. The van der Waals surface area contributed by atoms with E-state index in [1.54, 1.807) is 20.3 Å². The summed E-state index contributed by atoms with van der Waals surface area (Å²) in [5, 5.41) is 3.44. The third kappa shape index (κ3) is 2.61. The van der Waals surface area contributed by atoms with E-state index in [1.807, 2.05) is 18.2 Å². The number of nitrogens with one attached hydrogen (secondary N) is 1. The highest BCUT2D eigenvalue weighted by Crippen LogP contribution is 2.51. The molecule has 0 unspecified atom stereocenters. The normalized spacial score (nSPS) is 23.6. The summed E-state index contributed by atoms with van der Waals surface area (Å²) in [6, 6.07) is 9.31. The Kier molecular flexibility index (Phi) is 4.20. The predicted molar refractivity (Wildman–Crippen MR) is 100.0 cm³/mol. The highest BCUT2D eigenvalue weighted by atomic mass is 79.9. The van der Waals surface area contributed by atoms with Crippen LogP contribution in [0.2, 0.25) is 0 Å². The zero-order chi connectivity index (χ0) is 17.6. The molecule has 0 fully saturated rings. The number of para-hydroxylation sites is 1. The summed E-state index contributed by atoms with van der Waals surface area (Å²) in [5.41, 5.74) is 2.69. The van der Waals surface area contributed by atoms with Crippen LogP contribution >= 0.6 is 15.9 Å². The molecule has 1 N–H and O–H groups in total. The number of rotatable bonds is 3. The second-order valence-electron chi connectivity index (χ2n) is 6.42. The second kappa shape index (κ2) is 6.37. The standard InChI is InChI=1S/C20H19BrFNO2/c1-24-17-10-11(9-15(21)20(17)25-2)18-13-6-3-5-12(13)14-7-4-8-16(22)19(14)23-18/h3-5,7-10,12-13,18,23H,6H2,1-2H3/t12-,13-,18+/m1/s1. The Morgan fingerprint density at radius 3 is 2.80 bits per heavy atom. The minimum absolute atomic E-state index is 0.000469. The maximum absolute atomic E-state index is 14.4. The van der Waals surface area contributed by atoms with E-state index >= 15 is 0 Å². The fourth-order valence-corrected chi connectivity index (χ4v) is 4.65. The van der Waals surface area contributed by atoms with Gasteiger partial charge in [0, 0.05) is 5.92 Å². The predicted octanol–water partition coefficient (Wildman–Crippen LogP) is 5.43. The van der Waals surface area contributed by atoms with E-state index < -0.39 is 0 Å². The van der Waals surface area contributed by atoms with Gasteiger partial charge in [0.25, 0.3) is 0 Å². The molecular formula is C20H19BrFNO2. The van der Waals surface area contributed by atoms with E-state index in [9.17, 15) is 4.39 Å². The van der Waals surface area contributed by atoms with Crippen molar-refractivity contribution >= 4 is 21.6 Å². The second-order valence-corrected chi connectivity index (χ2v) is 7.27. The third-order valence-corrected chi connectivity index (χ3v) is 5.75. The zero-order valence-electron chi connectivity index (χ0n) is 14.1. The molecule has 0 bridgehead atoms. The van der Waals surface area contributed by atoms with Gasteiger partial charge in [-0.05, 0) is 57.6 Å². The summed E-state index contributed by atoms with van der Waals surface area (Å²) in [6.45, 7) is 0. The third-order valence-electron chi connectivity index (χ3n) is 5.16. The Morgan fingerprint density at radius 2 is 2.04 bits per heavy atom. The first kappa shape index (κ1) is 16.5. The van der Waals surface area contributed by atoms with Crippen molar-refractivity contribution in [1.29, 1.82) is 0 Å². The van der Waals surface area contributed by atoms with Crippen molar-refractivity contribution in [3.05, 3.63) is 63.9 Å². The largest absolute Gasteiger partial charge is 0.493 e. The monoisotopic (exact) mass is 403 g/mol. The van der Waals surface area contributed by atoms with Gasteiger partial charge in [0.2, 0.25) is 0 Å². The van der Waals surface area contributed by atoms with Gasteiger partial charge in [-0.15, -0.1) is 0 Å². The van der Waals surface area contributed by atoms with Crippen molar-refractivity contribution in [2.45, 2.75) is 18.4 Å². The molecule has 0 saturated heterocycles. The van der Waals surface area contributed by atoms with Crippen LogP contribution in [0.25, 0.3) is 0 Å². The van der Waals surface area contributed by atoms with Crippen molar-refractivity contribution in [2.75, 3.05) is 19.5 Å². The number of allylic oxidation sites excluding steroid dienone is 2. The van der Waals surface area contributed by atoms with Gasteiger partial charge in [0.1, 0.15) is 5.82 Å². The molecule has 130 valence electrons. The number of hydrogen-bond acceptors (Lipinski definition) is 3. The first-order valence-electron chi connectivity index (χ1n) is 8.27. The van der Waals surface area contributed by atoms with Gasteiger partial charge in [-0.3, -0.25) is 0 Å². The fraction of sp³-hybridized carbons (Fsp3) is 0.300. The first-order chi connectivity index (χ1) is 12.1. The number of halogens is 2. The van der Waals surface area contributed by atoms with Crippen LogP contribution in [0, 0.1) is 11.7 Å². The highest BCUT2D eigenvalue weighted by molar-refractivity contribution is 9.10. The van der Waals surface area contributed by atoms with E-state index in [-0.39, 0.29) is 17.8 Å². The van der Waals surface area contributed by atoms with Crippen LogP contribution in [-0.2, 0) is 0 Å². The lowest BCUT2D eigenvalue weighted by molar-refractivity contribution is 0.351. The smallest absolute Gasteiger partial charge is 0.174 e. The number of ether oxygens (including phenoxy) is 2. The summed E-state index contributed by atoms with van der Waals surface area (Å²) < 4.78 is 26.1. The topological polar surface area (TPSA) is 30.5 Å². The molecule has 25 heavy (non-hydrogen) atoms. The van der Waals surface area contributed by atoms with Crippen molar-refractivity contribution in [3.63, 3.8) is 0 Å². The lowest BCUT2D eigenvalue weighted by atomic mass is 9.77. The number of fused-ring (bicyclic) bond motifs is 3. The minimum Gasteiger partial charge on any atom is -0.493 e. The van der Waals surface area contributed by atoms with Crippen LogP contribution in [0.3, 0.4) is 0 Å². The number of benzene rings is 2. The maximum atomic E-state index is 14.4. The Labute approximate surface area is 155 Å². The fourth-order valence-electron chi connectivity index (χ4n) is 4.03. The van der Waals surface area contributed by atoms with Crippen molar-refractivity contribution in [1.82, 2.24) is 0 Å². The Balaban J connectivity index is 1.82. The molecule has 1 heterocycles. The summed E-state index contributed by atoms with van der Waals surface area (Å²) >= 11 is 3.56. The van der Waals surface area contributed by atoms with Crippen LogP contribution in [0.4, 0.5) is 10.1 Å². The molecule has 3 nitrogen and oxygen atoms in total. The van der Waals surface area contributed by atoms with E-state index in [1.165, 1.54) is 6.07 Å². The number of anilines is 1. The molecule has 1 aliphatic carbocycles. The summed E-state index contributed by atoms with van der Waals surface area (Å²) in [7, 11) is 3.24. The SMILES string of the molecule is COc1cc([C@@H]2Nc3c(F)cccc3[C@@H]3C=CC[C@H]32)cc(Br)c1OC. The average Bonchev–Trinajstić information content (AvgIpc) is 3.10. The lowest BCUT2D eigenvalue weighted by Crippen LogP contribution is -2.29. The van der Waals surface area contributed by atoms with Gasteiger partial charge >= 0.3 is 0 Å². The van der Waals surface area contributed by atoms with Crippen molar-refractivity contribution < 1.29 is 13.9 Å². The van der Waals surface area contributed by atoms with Gasteiger partial charge in [-0.25, -0.2) is 4.39 Å². The van der Waals surface area contributed by atoms with Gasteiger partial charge < -0.3 is 14.8 Å². The first-order valence-corrected chi connectivity index (χ1v) is 9.06. The lowest BCUT2D eigenvalue weighted by Gasteiger charge is -2.37. The van der Waals surface area contributed by atoms with Crippen LogP contribution < -0.4 is 14.8 Å². The highest BCUT2D eigenvalue weighted by Gasteiger charge is 2.39.